The van der Waals surface area contributed by atoms with E-state index in [4.69, 9.17) is 5.26 Å². The highest BCUT2D eigenvalue weighted by atomic mass is 15.3. The van der Waals surface area contributed by atoms with Crippen molar-refractivity contribution in [3.63, 3.8) is 0 Å². The summed E-state index contributed by atoms with van der Waals surface area (Å²) in [5.41, 5.74) is 1.53. The number of piperazine rings is 1. The number of anilines is 2. The number of hydrogen-bond acceptors (Lipinski definition) is 5. The number of pyridine rings is 1. The van der Waals surface area contributed by atoms with Crippen molar-refractivity contribution >= 4 is 11.6 Å². The molecule has 2 aromatic rings. The normalized spacial score (nSPS) is 15.2. The predicted molar refractivity (Wildman–Crippen MR) is 76.6 cm³/mol. The molecule has 0 spiro atoms. The van der Waals surface area contributed by atoms with E-state index in [2.05, 4.69) is 19.8 Å². The molecule has 0 saturated carbocycles. The van der Waals surface area contributed by atoms with Gasteiger partial charge in [0.1, 0.15) is 11.8 Å². The van der Waals surface area contributed by atoms with Crippen molar-refractivity contribution in [2.24, 2.45) is 7.05 Å². The first-order chi connectivity index (χ1) is 9.78. The van der Waals surface area contributed by atoms with E-state index in [1.165, 1.54) is 0 Å². The summed E-state index contributed by atoms with van der Waals surface area (Å²) in [4.78, 5) is 13.1. The third-order valence-electron chi connectivity index (χ3n) is 3.59. The number of nitrogens with zero attached hydrogens (tertiary/aromatic N) is 6. The van der Waals surface area contributed by atoms with E-state index in [0.717, 1.165) is 37.8 Å². The summed E-state index contributed by atoms with van der Waals surface area (Å²) in [7, 11) is 2.01. The van der Waals surface area contributed by atoms with Crippen molar-refractivity contribution in [1.82, 2.24) is 14.5 Å². The van der Waals surface area contributed by atoms with Gasteiger partial charge in [-0.25, -0.2) is 9.97 Å². The summed E-state index contributed by atoms with van der Waals surface area (Å²) in [6.45, 7) is 3.73. The Labute approximate surface area is 117 Å². The monoisotopic (exact) mass is 268 g/mol. The molecule has 2 aromatic heterocycles. The molecule has 1 saturated heterocycles. The molecule has 0 N–H and O–H groups in total. The average molecular weight is 268 g/mol. The zero-order chi connectivity index (χ0) is 13.9. The third-order valence-corrected chi connectivity index (χ3v) is 3.59. The van der Waals surface area contributed by atoms with Crippen LogP contribution in [0.4, 0.5) is 11.6 Å². The van der Waals surface area contributed by atoms with Crippen LogP contribution in [0.15, 0.2) is 30.7 Å². The van der Waals surface area contributed by atoms with Gasteiger partial charge in [0.15, 0.2) is 0 Å². The van der Waals surface area contributed by atoms with Crippen LogP contribution in [0.5, 0.6) is 0 Å². The summed E-state index contributed by atoms with van der Waals surface area (Å²) in [5, 5.41) is 8.76. The van der Waals surface area contributed by atoms with Crippen LogP contribution in [0.3, 0.4) is 0 Å². The fraction of sp³-hybridized carbons (Fsp3) is 0.357. The van der Waals surface area contributed by atoms with Gasteiger partial charge in [-0.3, -0.25) is 0 Å². The maximum absolute atomic E-state index is 8.76. The molecule has 0 amide bonds. The van der Waals surface area contributed by atoms with Crippen molar-refractivity contribution in [1.29, 1.82) is 5.26 Å². The molecule has 0 atom stereocenters. The Balaban J connectivity index is 1.66. The molecule has 6 nitrogen and oxygen atoms in total. The Kier molecular flexibility index (Phi) is 3.25. The zero-order valence-electron chi connectivity index (χ0n) is 11.4. The highest BCUT2D eigenvalue weighted by Crippen LogP contribution is 2.18. The lowest BCUT2D eigenvalue weighted by Gasteiger charge is -2.36. The Morgan fingerprint density at radius 2 is 1.85 bits per heavy atom. The molecule has 1 aliphatic heterocycles. The lowest BCUT2D eigenvalue weighted by Crippen LogP contribution is -2.47. The van der Waals surface area contributed by atoms with Gasteiger partial charge >= 0.3 is 0 Å². The van der Waals surface area contributed by atoms with Crippen molar-refractivity contribution < 1.29 is 0 Å². The second-order valence-electron chi connectivity index (χ2n) is 4.83. The fourth-order valence-corrected chi connectivity index (χ4v) is 2.47. The molecule has 0 aliphatic carbocycles. The second-order valence-corrected chi connectivity index (χ2v) is 4.83. The third kappa shape index (κ3) is 2.30. The minimum atomic E-state index is 0.459. The largest absolute Gasteiger partial charge is 0.367 e. The second kappa shape index (κ2) is 5.21. The summed E-state index contributed by atoms with van der Waals surface area (Å²) in [6, 6.07) is 5.76. The molecule has 6 heteroatoms. The summed E-state index contributed by atoms with van der Waals surface area (Å²) < 4.78 is 2.04. The van der Waals surface area contributed by atoms with Gasteiger partial charge in [-0.2, -0.15) is 5.26 Å². The van der Waals surface area contributed by atoms with Gasteiger partial charge < -0.3 is 14.4 Å². The maximum atomic E-state index is 8.76. The van der Waals surface area contributed by atoms with Crippen molar-refractivity contribution in [3.05, 3.63) is 36.4 Å². The first kappa shape index (κ1) is 12.5. The molecule has 0 radical (unpaired) electrons. The van der Waals surface area contributed by atoms with Gasteiger partial charge in [0, 0.05) is 45.6 Å². The molecular weight excluding hydrogens is 252 g/mol. The topological polar surface area (TPSA) is 61.0 Å². The van der Waals surface area contributed by atoms with Gasteiger partial charge in [0.2, 0.25) is 5.95 Å². The van der Waals surface area contributed by atoms with Crippen LogP contribution < -0.4 is 9.80 Å². The fourth-order valence-electron chi connectivity index (χ4n) is 2.47. The minimum absolute atomic E-state index is 0.459. The lowest BCUT2D eigenvalue weighted by molar-refractivity contribution is 0.629. The average Bonchev–Trinajstić information content (AvgIpc) is 2.94. The Morgan fingerprint density at radius 3 is 2.40 bits per heavy atom. The number of rotatable bonds is 2. The first-order valence-corrected chi connectivity index (χ1v) is 6.61. The molecule has 0 bridgehead atoms. The van der Waals surface area contributed by atoms with Crippen LogP contribution in [-0.4, -0.2) is 40.7 Å². The van der Waals surface area contributed by atoms with Gasteiger partial charge in [0.05, 0.1) is 11.9 Å². The van der Waals surface area contributed by atoms with Gasteiger partial charge in [0.25, 0.3) is 0 Å². The quantitative estimate of drug-likeness (QED) is 0.813. The van der Waals surface area contributed by atoms with E-state index in [9.17, 15) is 0 Å². The number of imidazole rings is 1. The maximum Gasteiger partial charge on any atom is 0.205 e. The number of hydrogen-bond donors (Lipinski definition) is 0. The van der Waals surface area contributed by atoms with Crippen LogP contribution in [0.25, 0.3) is 0 Å². The van der Waals surface area contributed by atoms with Gasteiger partial charge in [-0.15, -0.1) is 0 Å². The predicted octanol–water partition coefficient (Wildman–Crippen LogP) is 1.01. The highest BCUT2D eigenvalue weighted by Gasteiger charge is 2.19. The Bertz CT molecular complexity index is 616. The van der Waals surface area contributed by atoms with E-state index in [0.29, 0.717) is 5.69 Å². The molecule has 20 heavy (non-hydrogen) atoms. The lowest BCUT2D eigenvalue weighted by atomic mass is 10.2. The Morgan fingerprint density at radius 1 is 1.10 bits per heavy atom. The number of aryl methyl sites for hydroxylation is 1. The van der Waals surface area contributed by atoms with Crippen LogP contribution in [0, 0.1) is 11.3 Å². The molecule has 0 unspecified atom stereocenters. The number of aromatic nitrogens is 3. The van der Waals surface area contributed by atoms with Crippen molar-refractivity contribution in [2.75, 3.05) is 36.0 Å². The van der Waals surface area contributed by atoms with Crippen molar-refractivity contribution in [2.45, 2.75) is 0 Å². The zero-order valence-corrected chi connectivity index (χ0v) is 11.4. The summed E-state index contributed by atoms with van der Waals surface area (Å²) in [5.74, 6) is 1.02. The van der Waals surface area contributed by atoms with E-state index in [1.807, 2.05) is 36.1 Å². The van der Waals surface area contributed by atoms with Gasteiger partial charge in [-0.05, 0) is 12.1 Å². The van der Waals surface area contributed by atoms with E-state index >= 15 is 0 Å². The van der Waals surface area contributed by atoms with E-state index < -0.39 is 0 Å². The Hall–Kier alpha value is -2.55. The molecule has 1 fully saturated rings. The van der Waals surface area contributed by atoms with E-state index in [1.54, 1.807) is 12.3 Å². The molecule has 3 heterocycles. The summed E-state index contributed by atoms with van der Waals surface area (Å²) in [6.07, 6.45) is 5.56. The number of nitriles is 1. The molecule has 102 valence electrons. The smallest absolute Gasteiger partial charge is 0.205 e. The molecule has 3 rings (SSSR count). The molecular formula is C14H16N6. The van der Waals surface area contributed by atoms with Crippen LogP contribution in [0.2, 0.25) is 0 Å². The first-order valence-electron chi connectivity index (χ1n) is 6.61. The van der Waals surface area contributed by atoms with Crippen LogP contribution >= 0.6 is 0 Å². The van der Waals surface area contributed by atoms with E-state index in [-0.39, 0.29) is 0 Å². The van der Waals surface area contributed by atoms with Crippen LogP contribution in [-0.2, 0) is 7.05 Å². The molecule has 0 aromatic carbocycles. The van der Waals surface area contributed by atoms with Gasteiger partial charge in [-0.1, -0.05) is 0 Å². The minimum Gasteiger partial charge on any atom is -0.367 e. The van der Waals surface area contributed by atoms with Crippen molar-refractivity contribution in [3.8, 4) is 6.07 Å². The van der Waals surface area contributed by atoms with Crippen LogP contribution in [0.1, 0.15) is 5.69 Å². The molecule has 1 aliphatic rings. The SMILES string of the molecule is Cn1ccnc1N1CCN(c2ccc(C#N)nc2)CC1. The summed E-state index contributed by atoms with van der Waals surface area (Å²) >= 11 is 0. The standard InChI is InChI=1S/C14H16N6/c1-18-5-4-16-14(18)20-8-6-19(7-9-20)13-3-2-12(10-15)17-11-13/h2-5,11H,6-9H2,1H3. The highest BCUT2D eigenvalue weighted by molar-refractivity contribution is 5.48.